The summed E-state index contributed by atoms with van der Waals surface area (Å²) in [6.07, 6.45) is 3.17. The van der Waals surface area contributed by atoms with Crippen LogP contribution in [-0.4, -0.2) is 60.6 Å². The molecule has 0 aliphatic carbocycles. The third kappa shape index (κ3) is 7.50. The number of aromatic amines is 1. The minimum absolute atomic E-state index is 0.00541. The van der Waals surface area contributed by atoms with Gasteiger partial charge in [0.1, 0.15) is 22.8 Å². The summed E-state index contributed by atoms with van der Waals surface area (Å²) in [6, 6.07) is 11.8. The van der Waals surface area contributed by atoms with Gasteiger partial charge in [-0.1, -0.05) is 13.8 Å². The summed E-state index contributed by atoms with van der Waals surface area (Å²) >= 11 is 0. The normalized spacial score (nSPS) is 15.0. The Balaban J connectivity index is 1.17. The summed E-state index contributed by atoms with van der Waals surface area (Å²) in [5, 5.41) is 3.42. The molecule has 41 heavy (non-hydrogen) atoms. The van der Waals surface area contributed by atoms with Crippen LogP contribution < -0.4 is 19.5 Å². The van der Waals surface area contributed by atoms with Crippen molar-refractivity contribution in [3.8, 4) is 11.5 Å². The van der Waals surface area contributed by atoms with Crippen molar-refractivity contribution in [2.24, 2.45) is 5.92 Å². The molecule has 2 aromatic heterocycles. The molecule has 3 heterocycles. The zero-order valence-corrected chi connectivity index (χ0v) is 24.8. The number of ether oxygens (including phenoxy) is 2. The number of nitrogens with one attached hydrogen (secondary N) is 3. The van der Waals surface area contributed by atoms with Crippen molar-refractivity contribution in [3.63, 3.8) is 0 Å². The average Bonchev–Trinajstić information content (AvgIpc) is 3.54. The van der Waals surface area contributed by atoms with Gasteiger partial charge in [0.15, 0.2) is 10.6 Å². The first kappa shape index (κ1) is 28.7. The molecule has 1 fully saturated rings. The highest BCUT2D eigenvalue weighted by Crippen LogP contribution is 2.28. The van der Waals surface area contributed by atoms with Crippen molar-refractivity contribution in [2.45, 2.75) is 58.1 Å². The van der Waals surface area contributed by atoms with Gasteiger partial charge >= 0.3 is 0 Å². The van der Waals surface area contributed by atoms with E-state index >= 15 is 0 Å². The smallest absolute Gasteiger partial charge is 0.295 e. The second-order valence-electron chi connectivity index (χ2n) is 10.8. The third-order valence-corrected chi connectivity index (χ3v) is 8.06. The molecular formula is C29H38N6O5S. The lowest BCUT2D eigenvalue weighted by Gasteiger charge is -2.32. The molecule has 2 aromatic carbocycles. The molecule has 1 aliphatic rings. The van der Waals surface area contributed by atoms with Gasteiger partial charge < -0.3 is 24.2 Å². The van der Waals surface area contributed by atoms with Crippen LogP contribution in [0.15, 0.2) is 52.0 Å². The van der Waals surface area contributed by atoms with Crippen LogP contribution in [0.1, 0.15) is 45.0 Å². The molecule has 4 aromatic rings. The topological polar surface area (TPSA) is 135 Å². The number of likely N-dealkylation sites (tertiary alicyclic amines) is 1. The first-order valence-electron chi connectivity index (χ1n) is 14.0. The van der Waals surface area contributed by atoms with Gasteiger partial charge in [0, 0.05) is 31.7 Å². The Morgan fingerprint density at radius 2 is 1.88 bits per heavy atom. The molecule has 0 atom stereocenters. The number of H-pyrrole nitrogens is 1. The Hall–Kier alpha value is -3.77. The largest absolute Gasteiger partial charge is 0.494 e. The number of rotatable bonds is 12. The predicted octanol–water partition coefficient (Wildman–Crippen LogP) is 5.17. The highest BCUT2D eigenvalue weighted by Gasteiger charge is 2.22. The van der Waals surface area contributed by atoms with E-state index < -0.39 is 10.0 Å². The number of sulfonamides is 1. The minimum atomic E-state index is -3.78. The molecule has 0 radical (unpaired) electrons. The summed E-state index contributed by atoms with van der Waals surface area (Å²) < 4.78 is 45.5. The van der Waals surface area contributed by atoms with Gasteiger partial charge in [-0.15, -0.1) is 0 Å². The Bertz CT molecular complexity index is 1570. The van der Waals surface area contributed by atoms with Crippen molar-refractivity contribution in [1.29, 1.82) is 0 Å². The second kappa shape index (κ2) is 12.4. The molecule has 1 saturated heterocycles. The van der Waals surface area contributed by atoms with Crippen molar-refractivity contribution < 1.29 is 22.3 Å². The van der Waals surface area contributed by atoms with Gasteiger partial charge in [0.05, 0.1) is 25.1 Å². The molecule has 0 amide bonds. The minimum Gasteiger partial charge on any atom is -0.494 e. The van der Waals surface area contributed by atoms with Gasteiger partial charge in [-0.2, -0.15) is 13.4 Å². The number of oxazole rings is 1. The van der Waals surface area contributed by atoms with E-state index in [-0.39, 0.29) is 11.1 Å². The molecule has 0 unspecified atom stereocenters. The number of anilines is 2. The fraction of sp³-hybridized carbons (Fsp3) is 0.448. The summed E-state index contributed by atoms with van der Waals surface area (Å²) in [6.45, 7) is 11.9. The molecule has 0 saturated carbocycles. The molecule has 0 bridgehead atoms. The van der Waals surface area contributed by atoms with Gasteiger partial charge in [-0.05, 0) is 68.5 Å². The van der Waals surface area contributed by atoms with E-state index in [0.717, 1.165) is 44.0 Å². The van der Waals surface area contributed by atoms with Crippen LogP contribution in [0.3, 0.4) is 0 Å². The highest BCUT2D eigenvalue weighted by atomic mass is 32.2. The summed E-state index contributed by atoms with van der Waals surface area (Å²) in [5.41, 5.74) is 2.71. The van der Waals surface area contributed by atoms with E-state index in [0.29, 0.717) is 47.8 Å². The lowest BCUT2D eigenvalue weighted by atomic mass is 10.0. The predicted molar refractivity (Wildman–Crippen MR) is 158 cm³/mol. The molecule has 1 aliphatic heterocycles. The lowest BCUT2D eigenvalue weighted by Crippen LogP contribution is -2.38. The molecule has 12 heteroatoms. The van der Waals surface area contributed by atoms with Crippen LogP contribution in [0.4, 0.5) is 11.7 Å². The Labute approximate surface area is 240 Å². The Kier molecular flexibility index (Phi) is 8.69. The van der Waals surface area contributed by atoms with Gasteiger partial charge in [0.25, 0.3) is 16.0 Å². The third-order valence-electron chi connectivity index (χ3n) is 6.76. The van der Waals surface area contributed by atoms with E-state index in [2.05, 4.69) is 55.9 Å². The maximum absolute atomic E-state index is 12.6. The number of aromatic nitrogens is 3. The SMILES string of the molecule is CCOc1cc(CN2CCC(Nc3nc4cc(NS(=O)(=O)c5cnc(C)[nH]5)ccc4o3)CC2)cc(OCC(C)C)c1. The zero-order chi connectivity index (χ0) is 29.0. The molecule has 5 rings (SSSR count). The van der Waals surface area contributed by atoms with Crippen LogP contribution in [0.25, 0.3) is 11.1 Å². The van der Waals surface area contributed by atoms with Crippen LogP contribution >= 0.6 is 0 Å². The van der Waals surface area contributed by atoms with E-state index in [1.54, 1.807) is 25.1 Å². The molecular weight excluding hydrogens is 544 g/mol. The van der Waals surface area contributed by atoms with Crippen molar-refractivity contribution >= 4 is 32.8 Å². The number of benzene rings is 2. The van der Waals surface area contributed by atoms with Crippen LogP contribution in [0.2, 0.25) is 0 Å². The fourth-order valence-electron chi connectivity index (χ4n) is 4.78. The zero-order valence-electron chi connectivity index (χ0n) is 23.9. The van der Waals surface area contributed by atoms with E-state index in [9.17, 15) is 8.42 Å². The molecule has 11 nitrogen and oxygen atoms in total. The summed E-state index contributed by atoms with van der Waals surface area (Å²) in [7, 11) is -3.78. The van der Waals surface area contributed by atoms with Gasteiger partial charge in [-0.3, -0.25) is 9.62 Å². The number of piperidine rings is 1. The number of nitrogens with zero attached hydrogens (tertiary/aromatic N) is 3. The fourth-order valence-corrected chi connectivity index (χ4v) is 5.80. The van der Waals surface area contributed by atoms with Crippen molar-refractivity contribution in [2.75, 3.05) is 36.3 Å². The Morgan fingerprint density at radius 1 is 1.12 bits per heavy atom. The average molecular weight is 583 g/mol. The summed E-state index contributed by atoms with van der Waals surface area (Å²) in [5.74, 6) is 2.66. The maximum Gasteiger partial charge on any atom is 0.295 e. The number of hydrogen-bond donors (Lipinski definition) is 3. The number of hydrogen-bond acceptors (Lipinski definition) is 9. The first-order chi connectivity index (χ1) is 19.7. The quantitative estimate of drug-likeness (QED) is 0.207. The maximum atomic E-state index is 12.6. The van der Waals surface area contributed by atoms with Crippen LogP contribution in [-0.2, 0) is 16.6 Å². The molecule has 3 N–H and O–H groups in total. The van der Waals surface area contributed by atoms with E-state index in [1.165, 1.54) is 11.8 Å². The highest BCUT2D eigenvalue weighted by molar-refractivity contribution is 7.92. The van der Waals surface area contributed by atoms with Gasteiger partial charge in [0.2, 0.25) is 0 Å². The van der Waals surface area contributed by atoms with Crippen molar-refractivity contribution in [1.82, 2.24) is 19.9 Å². The second-order valence-corrected chi connectivity index (χ2v) is 12.4. The van der Waals surface area contributed by atoms with Crippen molar-refractivity contribution in [3.05, 3.63) is 54.0 Å². The first-order valence-corrected chi connectivity index (χ1v) is 15.5. The summed E-state index contributed by atoms with van der Waals surface area (Å²) in [4.78, 5) is 13.7. The molecule has 0 spiro atoms. The van der Waals surface area contributed by atoms with Crippen LogP contribution in [0.5, 0.6) is 11.5 Å². The monoisotopic (exact) mass is 582 g/mol. The molecule has 220 valence electrons. The van der Waals surface area contributed by atoms with Crippen LogP contribution in [0, 0.1) is 12.8 Å². The standard InChI is InChI=1S/C29H38N6O5S/c1-5-38-24-12-21(13-25(15-24)39-18-19(2)3)17-35-10-8-22(9-11-35)32-29-33-26-14-23(6-7-27(26)40-29)34-41(36,37)28-16-30-20(4)31-28/h6-7,12-16,19,22,34H,5,8-11,17-18H2,1-4H3,(H,30,31)(H,32,33). The van der Waals surface area contributed by atoms with Gasteiger partial charge in [-0.25, -0.2) is 4.98 Å². The van der Waals surface area contributed by atoms with E-state index in [1.807, 2.05) is 13.0 Å². The lowest BCUT2D eigenvalue weighted by molar-refractivity contribution is 0.209. The Morgan fingerprint density at radius 3 is 2.56 bits per heavy atom. The number of imidazole rings is 1. The number of aryl methyl sites for hydroxylation is 1. The van der Waals surface area contributed by atoms with E-state index in [4.69, 9.17) is 13.9 Å². The number of fused-ring (bicyclic) bond motifs is 1.